The predicted octanol–water partition coefficient (Wildman–Crippen LogP) is 4.81. The number of anilines is 1. The van der Waals surface area contributed by atoms with Crippen LogP contribution in [0.15, 0.2) is 47.8 Å². The minimum atomic E-state index is -2.87. The second kappa shape index (κ2) is 12.9. The van der Waals surface area contributed by atoms with Crippen LogP contribution in [-0.4, -0.2) is 55.9 Å². The Morgan fingerprint density at radius 1 is 1.05 bits per heavy atom. The van der Waals surface area contributed by atoms with Gasteiger partial charge in [0.25, 0.3) is 17.7 Å². The lowest BCUT2D eigenvalue weighted by atomic mass is 10.1. The van der Waals surface area contributed by atoms with Crippen LogP contribution >= 0.6 is 11.3 Å². The number of halogens is 2. The Hall–Kier alpha value is -3.37. The normalized spacial score (nSPS) is 11.3. The number of amides is 2. The molecule has 0 spiro atoms. The number of carbonyl (C=O) groups excluding carboxylic acids is 2. The zero-order valence-corrected chi connectivity index (χ0v) is 23.3. The molecule has 2 N–H and O–H groups in total. The monoisotopic (exact) mass is 543 g/mol. The van der Waals surface area contributed by atoms with Crippen LogP contribution in [-0.2, 0) is 19.0 Å². The van der Waals surface area contributed by atoms with Crippen molar-refractivity contribution < 1.29 is 18.4 Å². The molecule has 1 aromatic heterocycles. The third-order valence-electron chi connectivity index (χ3n) is 5.91. The minimum Gasteiger partial charge on any atom is -0.378 e. The molecule has 0 unspecified atom stereocenters. The summed E-state index contributed by atoms with van der Waals surface area (Å²) in [5.41, 5.74) is 3.28. The number of thiazole rings is 1. The number of nitrogens with one attached hydrogen (secondary N) is 2. The summed E-state index contributed by atoms with van der Waals surface area (Å²) in [6.45, 7) is 4.69. The van der Waals surface area contributed by atoms with Crippen molar-refractivity contribution in [2.24, 2.45) is 0 Å². The van der Waals surface area contributed by atoms with Gasteiger partial charge in [-0.05, 0) is 49.7 Å². The van der Waals surface area contributed by atoms with Crippen molar-refractivity contribution in [1.29, 1.82) is 0 Å². The van der Waals surface area contributed by atoms with E-state index in [1.807, 2.05) is 31.3 Å². The third kappa shape index (κ3) is 8.32. The summed E-state index contributed by atoms with van der Waals surface area (Å²) >= 11 is 1.51. The molecule has 0 saturated carbocycles. The summed E-state index contributed by atoms with van der Waals surface area (Å²) in [5, 5.41) is 8.92. The van der Waals surface area contributed by atoms with Crippen LogP contribution in [0.5, 0.6) is 0 Å². The zero-order valence-electron chi connectivity index (χ0n) is 22.5. The van der Waals surface area contributed by atoms with Gasteiger partial charge in [-0.25, -0.2) is 13.8 Å². The first-order valence-corrected chi connectivity index (χ1v) is 13.3. The lowest BCUT2D eigenvalue weighted by molar-refractivity contribution is 0.0174. The van der Waals surface area contributed by atoms with Crippen LogP contribution in [0.4, 0.5) is 14.5 Å². The highest BCUT2D eigenvalue weighted by Crippen LogP contribution is 2.27. The van der Waals surface area contributed by atoms with Gasteiger partial charge in [0.2, 0.25) is 0 Å². The highest BCUT2D eigenvalue weighted by molar-refractivity contribution is 7.09. The van der Waals surface area contributed by atoms with Gasteiger partial charge in [0.1, 0.15) is 5.01 Å². The van der Waals surface area contributed by atoms with E-state index in [1.54, 1.807) is 42.3 Å². The first-order valence-electron chi connectivity index (χ1n) is 12.4. The van der Waals surface area contributed by atoms with Crippen LogP contribution in [0.2, 0.25) is 0 Å². The number of nitrogens with zero attached hydrogens (tertiary/aromatic N) is 3. The van der Waals surface area contributed by atoms with Crippen molar-refractivity contribution in [1.82, 2.24) is 20.5 Å². The smallest absolute Gasteiger partial charge is 0.270 e. The van der Waals surface area contributed by atoms with Crippen LogP contribution in [0.25, 0.3) is 0 Å². The van der Waals surface area contributed by atoms with Gasteiger partial charge in [0, 0.05) is 74.6 Å². The molecule has 3 aromatic rings. The summed E-state index contributed by atoms with van der Waals surface area (Å²) in [7, 11) is 5.44. The number of hydrogen-bond acceptors (Lipinski definition) is 6. The largest absolute Gasteiger partial charge is 0.378 e. The molecule has 7 nitrogen and oxygen atoms in total. The molecular weight excluding hydrogens is 508 g/mol. The Labute approximate surface area is 226 Å². The maximum absolute atomic E-state index is 13.5. The highest BCUT2D eigenvalue weighted by atomic mass is 32.1. The lowest BCUT2D eigenvalue weighted by Gasteiger charge is -2.19. The van der Waals surface area contributed by atoms with Crippen molar-refractivity contribution >= 4 is 28.8 Å². The Morgan fingerprint density at radius 3 is 2.45 bits per heavy atom. The molecule has 2 amide bonds. The molecule has 0 fully saturated rings. The number of carbonyl (C=O) groups is 2. The van der Waals surface area contributed by atoms with Crippen LogP contribution in [0, 0.1) is 6.92 Å². The molecule has 38 heavy (non-hydrogen) atoms. The van der Waals surface area contributed by atoms with Crippen molar-refractivity contribution in [2.75, 3.05) is 39.1 Å². The van der Waals surface area contributed by atoms with Gasteiger partial charge in [-0.15, -0.1) is 11.3 Å². The van der Waals surface area contributed by atoms with Gasteiger partial charge in [0.15, 0.2) is 0 Å². The minimum absolute atomic E-state index is 0.00801. The SMILES string of the molecule is Cc1csc(CN(C)C(=O)c2cc(C(=O)NCCCNCc3cccc(C(C)(F)F)c3)cc(N(C)C)c2)n1. The summed E-state index contributed by atoms with van der Waals surface area (Å²) in [4.78, 5) is 33.9. The molecule has 204 valence electrons. The van der Waals surface area contributed by atoms with E-state index in [2.05, 4.69) is 15.6 Å². The van der Waals surface area contributed by atoms with Gasteiger partial charge in [-0.2, -0.15) is 0 Å². The Kier molecular flexibility index (Phi) is 9.93. The molecule has 0 aliphatic carbocycles. The number of rotatable bonds is 12. The van der Waals surface area contributed by atoms with E-state index < -0.39 is 5.92 Å². The fraction of sp³-hybridized carbons (Fsp3) is 0.393. The van der Waals surface area contributed by atoms with Crippen molar-refractivity contribution in [3.63, 3.8) is 0 Å². The van der Waals surface area contributed by atoms with Gasteiger partial charge in [-0.1, -0.05) is 18.2 Å². The molecule has 2 aromatic carbocycles. The maximum atomic E-state index is 13.5. The molecule has 0 atom stereocenters. The molecular formula is C28H35F2N5O2S. The van der Waals surface area contributed by atoms with E-state index in [4.69, 9.17) is 0 Å². The molecule has 0 saturated heterocycles. The summed E-state index contributed by atoms with van der Waals surface area (Å²) in [6.07, 6.45) is 0.657. The van der Waals surface area contributed by atoms with E-state index in [0.29, 0.717) is 43.7 Å². The van der Waals surface area contributed by atoms with Crippen molar-refractivity contribution in [3.05, 3.63) is 80.8 Å². The van der Waals surface area contributed by atoms with Crippen LogP contribution in [0.1, 0.15) is 55.9 Å². The third-order valence-corrected chi connectivity index (χ3v) is 6.86. The summed E-state index contributed by atoms with van der Waals surface area (Å²) in [5.74, 6) is -3.33. The zero-order chi connectivity index (χ0) is 27.9. The Morgan fingerprint density at radius 2 is 1.79 bits per heavy atom. The van der Waals surface area contributed by atoms with E-state index in [1.165, 1.54) is 23.5 Å². The second-order valence-corrected chi connectivity index (χ2v) is 10.5. The molecule has 0 aliphatic rings. The first kappa shape index (κ1) is 29.2. The highest BCUT2D eigenvalue weighted by Gasteiger charge is 2.24. The van der Waals surface area contributed by atoms with Crippen molar-refractivity contribution in [2.45, 2.75) is 39.3 Å². The Balaban J connectivity index is 1.54. The van der Waals surface area contributed by atoms with E-state index in [-0.39, 0.29) is 17.4 Å². The molecule has 0 aliphatic heterocycles. The van der Waals surface area contributed by atoms with Crippen molar-refractivity contribution in [3.8, 4) is 0 Å². The standard InChI is InChI=1S/C28H35F2N5O2S/c1-19-18-38-25(33-19)17-35(5)27(37)22-13-21(14-24(15-22)34(3)4)26(36)32-11-7-10-31-16-20-8-6-9-23(12-20)28(2,29)30/h6,8-9,12-15,18,31H,7,10-11,16-17H2,1-5H3,(H,32,36). The van der Waals surface area contributed by atoms with Crippen LogP contribution < -0.4 is 15.5 Å². The predicted molar refractivity (Wildman–Crippen MR) is 148 cm³/mol. The number of benzene rings is 2. The Bertz CT molecular complexity index is 1260. The molecule has 0 radical (unpaired) electrons. The lowest BCUT2D eigenvalue weighted by Crippen LogP contribution is -2.29. The second-order valence-electron chi connectivity index (χ2n) is 9.58. The first-order chi connectivity index (χ1) is 17.9. The molecule has 0 bridgehead atoms. The van der Waals surface area contributed by atoms with E-state index in [9.17, 15) is 18.4 Å². The van der Waals surface area contributed by atoms with Crippen LogP contribution in [0.3, 0.4) is 0 Å². The van der Waals surface area contributed by atoms with E-state index >= 15 is 0 Å². The molecule has 3 rings (SSSR count). The molecule has 1 heterocycles. The fourth-order valence-corrected chi connectivity index (χ4v) is 4.62. The molecule has 10 heteroatoms. The van der Waals surface area contributed by atoms with Gasteiger partial charge >= 0.3 is 0 Å². The number of alkyl halides is 2. The maximum Gasteiger partial charge on any atom is 0.270 e. The average Bonchev–Trinajstić information content (AvgIpc) is 3.29. The topological polar surface area (TPSA) is 77.6 Å². The van der Waals surface area contributed by atoms with Gasteiger partial charge in [0.05, 0.1) is 6.54 Å². The van der Waals surface area contributed by atoms with Gasteiger partial charge in [-0.3, -0.25) is 9.59 Å². The number of hydrogen-bond donors (Lipinski definition) is 2. The summed E-state index contributed by atoms with van der Waals surface area (Å²) < 4.78 is 27.0. The fourth-order valence-electron chi connectivity index (χ4n) is 3.80. The number of aromatic nitrogens is 1. The summed E-state index contributed by atoms with van der Waals surface area (Å²) in [6, 6.07) is 11.5. The van der Waals surface area contributed by atoms with Gasteiger partial charge < -0.3 is 20.4 Å². The quantitative estimate of drug-likeness (QED) is 0.321. The average molecular weight is 544 g/mol. The van der Waals surface area contributed by atoms with E-state index in [0.717, 1.165) is 28.9 Å². The number of aryl methyl sites for hydroxylation is 1.